The number of aliphatic hydroxyl groups excluding tert-OH is 1. The zero-order valence-corrected chi connectivity index (χ0v) is 14.4. The summed E-state index contributed by atoms with van der Waals surface area (Å²) in [7, 11) is 0. The van der Waals surface area contributed by atoms with Crippen LogP contribution >= 0.6 is 0 Å². The number of amides is 2. The molecule has 0 spiro atoms. The highest BCUT2D eigenvalue weighted by Crippen LogP contribution is 2.33. The second kappa shape index (κ2) is 8.93. The Hall–Kier alpha value is -2.22. The summed E-state index contributed by atoms with van der Waals surface area (Å²) in [5.41, 5.74) is 0.946. The van der Waals surface area contributed by atoms with Gasteiger partial charge in [0.2, 0.25) is 0 Å². The Morgan fingerprint density at radius 3 is 2.62 bits per heavy atom. The van der Waals surface area contributed by atoms with E-state index in [1.807, 2.05) is 30.3 Å². The highest BCUT2D eigenvalue weighted by molar-refractivity contribution is 5.75. The normalized spacial score (nSPS) is 20.4. The van der Waals surface area contributed by atoms with Crippen LogP contribution in [-0.4, -0.2) is 58.8 Å². The zero-order chi connectivity index (χ0) is 19.2. The molecule has 1 heterocycles. The van der Waals surface area contributed by atoms with Crippen molar-refractivity contribution in [3.05, 3.63) is 35.9 Å². The number of halogens is 2. The number of carboxylic acids is 1. The maximum absolute atomic E-state index is 13.7. The van der Waals surface area contributed by atoms with Crippen molar-refractivity contribution in [1.82, 2.24) is 10.2 Å². The molecule has 2 amide bonds. The fraction of sp³-hybridized carbons (Fsp3) is 0.556. The van der Waals surface area contributed by atoms with Crippen LogP contribution in [0.1, 0.15) is 24.8 Å². The van der Waals surface area contributed by atoms with Crippen LogP contribution in [0.15, 0.2) is 30.3 Å². The number of nitrogens with one attached hydrogen (secondary N) is 1. The second-order valence-corrected chi connectivity index (χ2v) is 6.61. The van der Waals surface area contributed by atoms with Gasteiger partial charge in [-0.25, -0.2) is 13.6 Å². The highest BCUT2D eigenvalue weighted by Gasteiger charge is 2.44. The van der Waals surface area contributed by atoms with Crippen LogP contribution in [0.2, 0.25) is 0 Å². The van der Waals surface area contributed by atoms with Crippen molar-refractivity contribution < 1.29 is 28.6 Å². The first-order chi connectivity index (χ1) is 12.3. The lowest BCUT2D eigenvalue weighted by Crippen LogP contribution is -2.54. The Kier molecular flexibility index (Phi) is 6.90. The number of carbonyl (C=O) groups excluding carboxylic acids is 1. The van der Waals surface area contributed by atoms with E-state index in [4.69, 9.17) is 10.2 Å². The number of aliphatic carboxylic acids is 1. The molecule has 1 fully saturated rings. The quantitative estimate of drug-likeness (QED) is 0.686. The lowest BCUT2D eigenvalue weighted by atomic mass is 9.94. The molecular formula is C18H24F2N2O4. The number of hydrogen-bond acceptors (Lipinski definition) is 3. The number of aliphatic hydroxyl groups is 1. The Morgan fingerprint density at radius 2 is 2.00 bits per heavy atom. The van der Waals surface area contributed by atoms with Gasteiger partial charge in [-0.2, -0.15) is 0 Å². The van der Waals surface area contributed by atoms with E-state index >= 15 is 0 Å². The first kappa shape index (κ1) is 20.1. The van der Waals surface area contributed by atoms with Gasteiger partial charge in [-0.15, -0.1) is 0 Å². The van der Waals surface area contributed by atoms with Crippen molar-refractivity contribution in [3.63, 3.8) is 0 Å². The molecule has 8 heteroatoms. The Bertz CT molecular complexity index is 612. The van der Waals surface area contributed by atoms with Crippen molar-refractivity contribution in [2.75, 3.05) is 19.7 Å². The summed E-state index contributed by atoms with van der Waals surface area (Å²) >= 11 is 0. The van der Waals surface area contributed by atoms with Gasteiger partial charge in [0.05, 0.1) is 12.5 Å². The summed E-state index contributed by atoms with van der Waals surface area (Å²) in [6.45, 7) is -1.03. The maximum Gasteiger partial charge on any atom is 0.317 e. The molecule has 26 heavy (non-hydrogen) atoms. The predicted molar refractivity (Wildman–Crippen MR) is 91.0 cm³/mol. The van der Waals surface area contributed by atoms with Crippen molar-refractivity contribution in [1.29, 1.82) is 0 Å². The van der Waals surface area contributed by atoms with E-state index in [1.165, 1.54) is 4.90 Å². The first-order valence-corrected chi connectivity index (χ1v) is 8.61. The van der Waals surface area contributed by atoms with E-state index < -0.39 is 42.9 Å². The van der Waals surface area contributed by atoms with Gasteiger partial charge < -0.3 is 20.4 Å². The van der Waals surface area contributed by atoms with Gasteiger partial charge >= 0.3 is 12.0 Å². The summed E-state index contributed by atoms with van der Waals surface area (Å²) in [4.78, 5) is 24.6. The minimum Gasteiger partial charge on any atom is -0.481 e. The summed E-state index contributed by atoms with van der Waals surface area (Å²) in [5, 5.41) is 20.8. The SMILES string of the molecule is O=C(O)CCC(Cc1ccccc1)NC(=O)N1CCC(F)(F)C(CO)C1. The second-order valence-electron chi connectivity index (χ2n) is 6.61. The van der Waals surface area contributed by atoms with Crippen LogP contribution in [0.3, 0.4) is 0 Å². The van der Waals surface area contributed by atoms with Gasteiger partial charge in [-0.3, -0.25) is 4.79 Å². The Labute approximate surface area is 150 Å². The lowest BCUT2D eigenvalue weighted by molar-refractivity contribution is -0.137. The Balaban J connectivity index is 1.99. The average molecular weight is 370 g/mol. The molecule has 6 nitrogen and oxygen atoms in total. The summed E-state index contributed by atoms with van der Waals surface area (Å²) in [6, 6.07) is 8.39. The molecule has 144 valence electrons. The van der Waals surface area contributed by atoms with Gasteiger partial charge in [-0.05, 0) is 18.4 Å². The molecule has 2 atom stereocenters. The third kappa shape index (κ3) is 5.66. The minimum atomic E-state index is -2.99. The summed E-state index contributed by atoms with van der Waals surface area (Å²) < 4.78 is 27.4. The largest absolute Gasteiger partial charge is 0.481 e. The molecule has 1 aliphatic heterocycles. The number of carboxylic acid groups (broad SMARTS) is 1. The van der Waals surface area contributed by atoms with Crippen LogP contribution in [0.25, 0.3) is 0 Å². The van der Waals surface area contributed by atoms with E-state index in [-0.39, 0.29) is 25.9 Å². The topological polar surface area (TPSA) is 89.9 Å². The molecule has 0 aromatic heterocycles. The molecule has 0 radical (unpaired) electrons. The smallest absolute Gasteiger partial charge is 0.317 e. The van der Waals surface area contributed by atoms with Crippen LogP contribution in [0.4, 0.5) is 13.6 Å². The van der Waals surface area contributed by atoms with Crippen molar-refractivity contribution >= 4 is 12.0 Å². The van der Waals surface area contributed by atoms with Crippen LogP contribution in [0.5, 0.6) is 0 Å². The van der Waals surface area contributed by atoms with E-state index in [1.54, 1.807) is 0 Å². The average Bonchev–Trinajstić information content (AvgIpc) is 2.60. The third-order valence-electron chi connectivity index (χ3n) is 4.62. The van der Waals surface area contributed by atoms with E-state index in [0.717, 1.165) is 5.56 Å². The fourth-order valence-electron chi connectivity index (χ4n) is 3.04. The predicted octanol–water partition coefficient (Wildman–Crippen LogP) is 2.12. The van der Waals surface area contributed by atoms with Gasteiger partial charge in [0.1, 0.15) is 0 Å². The number of benzene rings is 1. The molecule has 2 unspecified atom stereocenters. The maximum atomic E-state index is 13.7. The number of alkyl halides is 2. The van der Waals surface area contributed by atoms with E-state index in [0.29, 0.717) is 6.42 Å². The molecular weight excluding hydrogens is 346 g/mol. The highest BCUT2D eigenvalue weighted by atomic mass is 19.3. The number of hydrogen-bond donors (Lipinski definition) is 3. The molecule has 3 N–H and O–H groups in total. The van der Waals surface area contributed by atoms with Gasteiger partial charge in [0.25, 0.3) is 5.92 Å². The number of rotatable bonds is 7. The van der Waals surface area contributed by atoms with E-state index in [2.05, 4.69) is 5.32 Å². The molecule has 2 rings (SSSR count). The van der Waals surface area contributed by atoms with Crippen molar-refractivity contribution in [2.45, 2.75) is 37.6 Å². The molecule has 0 bridgehead atoms. The number of piperidine rings is 1. The number of carbonyl (C=O) groups is 2. The number of likely N-dealkylation sites (tertiary alicyclic amines) is 1. The lowest BCUT2D eigenvalue weighted by Gasteiger charge is -2.38. The summed E-state index contributed by atoms with van der Waals surface area (Å²) in [6.07, 6.45) is 0.0932. The molecule has 1 aromatic carbocycles. The Morgan fingerprint density at radius 1 is 1.31 bits per heavy atom. The molecule has 1 aromatic rings. The van der Waals surface area contributed by atoms with Gasteiger partial charge in [0, 0.05) is 32.0 Å². The van der Waals surface area contributed by atoms with Crippen molar-refractivity contribution in [3.8, 4) is 0 Å². The third-order valence-corrected chi connectivity index (χ3v) is 4.62. The number of urea groups is 1. The molecule has 0 saturated carbocycles. The zero-order valence-electron chi connectivity index (χ0n) is 14.4. The standard InChI is InChI=1S/C18H24F2N2O4/c19-18(20)8-9-22(11-14(18)12-23)17(26)21-15(6-7-16(24)25)10-13-4-2-1-3-5-13/h1-5,14-15,23H,6-12H2,(H,21,26)(H,24,25). The van der Waals surface area contributed by atoms with Crippen LogP contribution in [-0.2, 0) is 11.2 Å². The molecule has 1 saturated heterocycles. The minimum absolute atomic E-state index is 0.102. The molecule has 1 aliphatic rings. The van der Waals surface area contributed by atoms with Gasteiger partial charge in [-0.1, -0.05) is 30.3 Å². The molecule has 0 aliphatic carbocycles. The first-order valence-electron chi connectivity index (χ1n) is 8.61. The fourth-order valence-corrected chi connectivity index (χ4v) is 3.04. The van der Waals surface area contributed by atoms with E-state index in [9.17, 15) is 18.4 Å². The van der Waals surface area contributed by atoms with Crippen LogP contribution in [0, 0.1) is 5.92 Å². The number of nitrogens with zero attached hydrogens (tertiary/aromatic N) is 1. The van der Waals surface area contributed by atoms with Crippen molar-refractivity contribution in [2.24, 2.45) is 5.92 Å². The van der Waals surface area contributed by atoms with Gasteiger partial charge in [0.15, 0.2) is 0 Å². The monoisotopic (exact) mass is 370 g/mol. The van der Waals surface area contributed by atoms with Crippen LogP contribution < -0.4 is 5.32 Å². The summed E-state index contributed by atoms with van der Waals surface area (Å²) in [5.74, 6) is -5.23.